The highest BCUT2D eigenvalue weighted by molar-refractivity contribution is 5.91. The van der Waals surface area contributed by atoms with Gasteiger partial charge in [0.2, 0.25) is 0 Å². The van der Waals surface area contributed by atoms with E-state index in [0.29, 0.717) is 11.4 Å². The van der Waals surface area contributed by atoms with Crippen LogP contribution < -0.4 is 21.1 Å². The van der Waals surface area contributed by atoms with E-state index in [1.54, 1.807) is 7.11 Å². The van der Waals surface area contributed by atoms with Crippen LogP contribution in [0.2, 0.25) is 0 Å². The van der Waals surface area contributed by atoms with Crippen LogP contribution in [0.25, 0.3) is 0 Å². The van der Waals surface area contributed by atoms with Crippen LogP contribution in [0.3, 0.4) is 0 Å². The first-order chi connectivity index (χ1) is 9.19. The molecule has 4 N–H and O–H groups in total. The number of benzene rings is 1. The van der Waals surface area contributed by atoms with Gasteiger partial charge in [-0.15, -0.1) is 0 Å². The molecule has 2 rings (SSSR count). The zero-order valence-electron chi connectivity index (χ0n) is 11.2. The summed E-state index contributed by atoms with van der Waals surface area (Å²) in [6.45, 7) is 0. The summed E-state index contributed by atoms with van der Waals surface area (Å²) in [5.74, 6) is 0.656. The van der Waals surface area contributed by atoms with E-state index in [4.69, 9.17) is 10.5 Å². The van der Waals surface area contributed by atoms with Crippen LogP contribution in [0, 0.1) is 0 Å². The van der Waals surface area contributed by atoms with Crippen molar-refractivity contribution in [1.29, 1.82) is 0 Å². The molecular weight excluding hydrogens is 242 g/mol. The molecule has 5 heteroatoms. The fourth-order valence-electron chi connectivity index (χ4n) is 2.36. The highest BCUT2D eigenvalue weighted by Crippen LogP contribution is 2.23. The van der Waals surface area contributed by atoms with Crippen molar-refractivity contribution < 1.29 is 9.53 Å². The minimum absolute atomic E-state index is 0.190. The minimum atomic E-state index is -0.190. The Balaban J connectivity index is 1.87. The number of carbonyl (C=O) groups excluding carboxylic acids is 1. The standard InChI is InChI=1S/C14H21N3O2/c1-19-13-5-3-2-4-12(13)17-14(18)16-11-8-6-10(15)7-9-11/h2-5,10-11H,6-9,15H2,1H3,(H2,16,17,18). The summed E-state index contributed by atoms with van der Waals surface area (Å²) in [6, 6.07) is 7.67. The Kier molecular flexibility index (Phi) is 4.63. The van der Waals surface area contributed by atoms with E-state index in [-0.39, 0.29) is 18.1 Å². The molecule has 0 aliphatic heterocycles. The van der Waals surface area contributed by atoms with Crippen LogP contribution in [0.4, 0.5) is 10.5 Å². The Hall–Kier alpha value is -1.75. The predicted octanol–water partition coefficient (Wildman–Crippen LogP) is 2.09. The lowest BCUT2D eigenvalue weighted by Crippen LogP contribution is -2.42. The highest BCUT2D eigenvalue weighted by atomic mass is 16.5. The molecule has 104 valence electrons. The van der Waals surface area contributed by atoms with Gasteiger partial charge in [-0.25, -0.2) is 4.79 Å². The number of nitrogens with two attached hydrogens (primary N) is 1. The third kappa shape index (κ3) is 3.86. The first-order valence-electron chi connectivity index (χ1n) is 6.65. The number of para-hydroxylation sites is 2. The molecule has 0 heterocycles. The van der Waals surface area contributed by atoms with Crippen LogP contribution in [0.5, 0.6) is 5.75 Å². The number of amides is 2. The Morgan fingerprint density at radius 1 is 1.26 bits per heavy atom. The molecule has 0 atom stereocenters. The van der Waals surface area contributed by atoms with Gasteiger partial charge in [-0.2, -0.15) is 0 Å². The molecule has 0 radical (unpaired) electrons. The molecular formula is C14H21N3O2. The van der Waals surface area contributed by atoms with Crippen molar-refractivity contribution in [3.63, 3.8) is 0 Å². The number of methoxy groups -OCH3 is 1. The van der Waals surface area contributed by atoms with Crippen molar-refractivity contribution in [1.82, 2.24) is 5.32 Å². The predicted molar refractivity (Wildman–Crippen MR) is 75.4 cm³/mol. The molecule has 19 heavy (non-hydrogen) atoms. The van der Waals surface area contributed by atoms with Crippen LogP contribution in [0.1, 0.15) is 25.7 Å². The average Bonchev–Trinajstić information content (AvgIpc) is 2.42. The summed E-state index contributed by atoms with van der Waals surface area (Å²) in [5, 5.41) is 5.79. The fourth-order valence-corrected chi connectivity index (χ4v) is 2.36. The van der Waals surface area contributed by atoms with Crippen molar-refractivity contribution in [2.24, 2.45) is 5.73 Å². The molecule has 1 aliphatic carbocycles. The molecule has 0 saturated heterocycles. The lowest BCUT2D eigenvalue weighted by atomic mass is 9.92. The van der Waals surface area contributed by atoms with E-state index in [1.807, 2.05) is 24.3 Å². The Morgan fingerprint density at radius 2 is 1.95 bits per heavy atom. The largest absolute Gasteiger partial charge is 0.495 e. The Morgan fingerprint density at radius 3 is 2.63 bits per heavy atom. The van der Waals surface area contributed by atoms with Gasteiger partial charge in [0.25, 0.3) is 0 Å². The van der Waals surface area contributed by atoms with E-state index < -0.39 is 0 Å². The van der Waals surface area contributed by atoms with Crippen LogP contribution in [-0.4, -0.2) is 25.2 Å². The molecule has 2 amide bonds. The summed E-state index contributed by atoms with van der Waals surface area (Å²) in [4.78, 5) is 11.9. The fraction of sp³-hybridized carbons (Fsp3) is 0.500. The summed E-state index contributed by atoms with van der Waals surface area (Å²) < 4.78 is 5.19. The number of hydrogen-bond donors (Lipinski definition) is 3. The maximum Gasteiger partial charge on any atom is 0.319 e. The topological polar surface area (TPSA) is 76.4 Å². The lowest BCUT2D eigenvalue weighted by Gasteiger charge is -2.26. The zero-order chi connectivity index (χ0) is 13.7. The van der Waals surface area contributed by atoms with Gasteiger partial charge < -0.3 is 21.1 Å². The SMILES string of the molecule is COc1ccccc1NC(=O)NC1CCC(N)CC1. The summed E-state index contributed by atoms with van der Waals surface area (Å²) >= 11 is 0. The normalized spacial score (nSPS) is 22.6. The molecule has 0 aromatic heterocycles. The minimum Gasteiger partial charge on any atom is -0.495 e. The zero-order valence-corrected chi connectivity index (χ0v) is 11.2. The van der Waals surface area contributed by atoms with Crippen molar-refractivity contribution in [2.45, 2.75) is 37.8 Å². The van der Waals surface area contributed by atoms with Gasteiger partial charge in [0, 0.05) is 12.1 Å². The van der Waals surface area contributed by atoms with E-state index in [2.05, 4.69) is 10.6 Å². The molecule has 1 aromatic carbocycles. The van der Waals surface area contributed by atoms with Crippen molar-refractivity contribution in [2.75, 3.05) is 12.4 Å². The van der Waals surface area contributed by atoms with Crippen LogP contribution in [0.15, 0.2) is 24.3 Å². The molecule has 1 aromatic rings. The first-order valence-corrected chi connectivity index (χ1v) is 6.65. The van der Waals surface area contributed by atoms with E-state index in [9.17, 15) is 4.79 Å². The maximum atomic E-state index is 11.9. The third-order valence-corrected chi connectivity index (χ3v) is 3.46. The second kappa shape index (κ2) is 6.43. The van der Waals surface area contributed by atoms with E-state index >= 15 is 0 Å². The lowest BCUT2D eigenvalue weighted by molar-refractivity contribution is 0.242. The quantitative estimate of drug-likeness (QED) is 0.781. The Bertz CT molecular complexity index is 428. The number of anilines is 1. The van der Waals surface area contributed by atoms with Gasteiger partial charge in [0.15, 0.2) is 0 Å². The number of rotatable bonds is 3. The number of ether oxygens (including phenoxy) is 1. The monoisotopic (exact) mass is 263 g/mol. The van der Waals surface area contributed by atoms with Gasteiger partial charge in [0.1, 0.15) is 5.75 Å². The summed E-state index contributed by atoms with van der Waals surface area (Å²) in [6.07, 6.45) is 3.83. The highest BCUT2D eigenvalue weighted by Gasteiger charge is 2.20. The van der Waals surface area contributed by atoms with Crippen molar-refractivity contribution >= 4 is 11.7 Å². The molecule has 1 aliphatic rings. The van der Waals surface area contributed by atoms with Crippen LogP contribution in [-0.2, 0) is 0 Å². The molecule has 0 unspecified atom stereocenters. The van der Waals surface area contributed by atoms with E-state index in [1.165, 1.54) is 0 Å². The third-order valence-electron chi connectivity index (χ3n) is 3.46. The average molecular weight is 263 g/mol. The van der Waals surface area contributed by atoms with E-state index in [0.717, 1.165) is 25.7 Å². The molecule has 0 spiro atoms. The number of urea groups is 1. The summed E-state index contributed by atoms with van der Waals surface area (Å²) in [5.41, 5.74) is 6.52. The second-order valence-corrected chi connectivity index (χ2v) is 4.91. The number of nitrogens with one attached hydrogen (secondary N) is 2. The van der Waals surface area contributed by atoms with Gasteiger partial charge in [0.05, 0.1) is 12.8 Å². The maximum absolute atomic E-state index is 11.9. The summed E-state index contributed by atoms with van der Waals surface area (Å²) in [7, 11) is 1.58. The molecule has 0 bridgehead atoms. The molecule has 1 saturated carbocycles. The Labute approximate surface area is 113 Å². The number of hydrogen-bond acceptors (Lipinski definition) is 3. The van der Waals surface area contributed by atoms with Gasteiger partial charge in [-0.1, -0.05) is 12.1 Å². The van der Waals surface area contributed by atoms with Gasteiger partial charge in [-0.3, -0.25) is 0 Å². The van der Waals surface area contributed by atoms with Crippen LogP contribution >= 0.6 is 0 Å². The van der Waals surface area contributed by atoms with Crippen molar-refractivity contribution in [3.05, 3.63) is 24.3 Å². The smallest absolute Gasteiger partial charge is 0.319 e. The van der Waals surface area contributed by atoms with Crippen molar-refractivity contribution in [3.8, 4) is 5.75 Å². The molecule has 5 nitrogen and oxygen atoms in total. The first kappa shape index (κ1) is 13.7. The van der Waals surface area contributed by atoms with Gasteiger partial charge in [-0.05, 0) is 37.8 Å². The molecule has 1 fully saturated rings. The van der Waals surface area contributed by atoms with Gasteiger partial charge >= 0.3 is 6.03 Å². The number of carbonyl (C=O) groups is 1. The second-order valence-electron chi connectivity index (χ2n) is 4.91.